The van der Waals surface area contributed by atoms with Gasteiger partial charge in [-0.15, -0.1) is 0 Å². The summed E-state index contributed by atoms with van der Waals surface area (Å²) in [4.78, 5) is 13.8. The molecule has 3 unspecified atom stereocenters. The number of fused-ring (bicyclic) bond motifs is 1. The summed E-state index contributed by atoms with van der Waals surface area (Å²) in [7, 11) is 0. The van der Waals surface area contributed by atoms with Crippen LogP contribution in [-0.2, 0) is 17.8 Å². The summed E-state index contributed by atoms with van der Waals surface area (Å²) in [6.07, 6.45) is 0.679. The van der Waals surface area contributed by atoms with Crippen LogP contribution in [0.2, 0.25) is 0 Å². The van der Waals surface area contributed by atoms with E-state index in [0.29, 0.717) is 32.4 Å². The number of hydrogen-bond acceptors (Lipinski definition) is 2. The van der Waals surface area contributed by atoms with Crippen LogP contribution < -0.4 is 0 Å². The molecule has 1 saturated heterocycles. The van der Waals surface area contributed by atoms with Crippen LogP contribution >= 0.6 is 0 Å². The zero-order chi connectivity index (χ0) is 24.9. The van der Waals surface area contributed by atoms with E-state index in [2.05, 4.69) is 30.3 Å². The Morgan fingerprint density at radius 1 is 0.917 bits per heavy atom. The van der Waals surface area contributed by atoms with Gasteiger partial charge in [0.25, 0.3) is 0 Å². The molecule has 4 nitrogen and oxygen atoms in total. The van der Waals surface area contributed by atoms with Crippen molar-refractivity contribution < 1.29 is 19.0 Å². The number of hydrogen-bond donors (Lipinski definition) is 1. The Balaban J connectivity index is 1.44. The molecule has 1 aliphatic rings. The molecular formula is C31H30FNO3. The zero-order valence-corrected chi connectivity index (χ0v) is 20.1. The predicted molar refractivity (Wildman–Crippen MR) is 140 cm³/mol. The van der Waals surface area contributed by atoms with Gasteiger partial charge in [-0.1, -0.05) is 84.9 Å². The number of rotatable bonds is 7. The fourth-order valence-electron chi connectivity index (χ4n) is 5.31. The number of nitrogens with zero attached hydrogens (tertiary/aromatic N) is 1. The van der Waals surface area contributed by atoms with E-state index in [0.717, 1.165) is 22.1 Å². The summed E-state index contributed by atoms with van der Waals surface area (Å²) in [5, 5.41) is 12.4. The van der Waals surface area contributed by atoms with Crippen LogP contribution in [0.15, 0.2) is 97.1 Å². The molecule has 0 aliphatic carbocycles. The van der Waals surface area contributed by atoms with Crippen LogP contribution in [-0.4, -0.2) is 34.8 Å². The molecule has 1 heterocycles. The number of likely N-dealkylation sites (tertiary alicyclic amines) is 1. The first kappa shape index (κ1) is 24.0. The first-order chi connectivity index (χ1) is 17.6. The van der Waals surface area contributed by atoms with Gasteiger partial charge in [0, 0.05) is 13.0 Å². The monoisotopic (exact) mass is 483 g/mol. The van der Waals surface area contributed by atoms with E-state index in [1.807, 2.05) is 54.6 Å². The van der Waals surface area contributed by atoms with Crippen LogP contribution in [0.4, 0.5) is 9.18 Å². The second-order valence-electron chi connectivity index (χ2n) is 9.54. The molecule has 0 aromatic heterocycles. The lowest BCUT2D eigenvalue weighted by atomic mass is 9.82. The van der Waals surface area contributed by atoms with Crippen molar-refractivity contribution >= 4 is 16.9 Å². The minimum Gasteiger partial charge on any atom is -0.465 e. The molecule has 5 rings (SSSR count). The molecule has 1 fully saturated rings. The summed E-state index contributed by atoms with van der Waals surface area (Å²) in [5.41, 5.74) is 3.20. The maximum absolute atomic E-state index is 13.5. The van der Waals surface area contributed by atoms with Crippen molar-refractivity contribution in [2.75, 3.05) is 6.54 Å². The molecule has 4 aromatic rings. The number of carbonyl (C=O) groups is 1. The van der Waals surface area contributed by atoms with Gasteiger partial charge in [-0.2, -0.15) is 0 Å². The number of piperidine rings is 1. The first-order valence-electron chi connectivity index (χ1n) is 12.4. The Bertz CT molecular complexity index is 1310. The van der Waals surface area contributed by atoms with Gasteiger partial charge in [0.05, 0.1) is 18.8 Å². The highest BCUT2D eigenvalue weighted by molar-refractivity contribution is 5.83. The van der Waals surface area contributed by atoms with Gasteiger partial charge in [-0.25, -0.2) is 9.18 Å². The van der Waals surface area contributed by atoms with Crippen LogP contribution in [0.1, 0.15) is 35.4 Å². The average molecular weight is 484 g/mol. The van der Waals surface area contributed by atoms with Crippen molar-refractivity contribution in [3.8, 4) is 0 Å². The third-order valence-corrected chi connectivity index (χ3v) is 7.22. The lowest BCUT2D eigenvalue weighted by molar-refractivity contribution is -0.0332. The van der Waals surface area contributed by atoms with E-state index in [-0.39, 0.29) is 23.9 Å². The van der Waals surface area contributed by atoms with Crippen LogP contribution in [0, 0.1) is 5.82 Å². The molecule has 0 spiro atoms. The SMILES string of the molecule is O=C(O)N1CCC(c2ccc(F)cc2)CC1C(Cc1ccc2ccccc2c1)OCc1ccccc1. The summed E-state index contributed by atoms with van der Waals surface area (Å²) < 4.78 is 20.0. The second kappa shape index (κ2) is 10.9. The molecule has 0 bridgehead atoms. The van der Waals surface area contributed by atoms with Gasteiger partial charge in [-0.3, -0.25) is 0 Å². The van der Waals surface area contributed by atoms with Crippen molar-refractivity contribution in [2.24, 2.45) is 0 Å². The maximum Gasteiger partial charge on any atom is 0.407 e. The van der Waals surface area contributed by atoms with Gasteiger partial charge in [0.2, 0.25) is 0 Å². The van der Waals surface area contributed by atoms with Crippen LogP contribution in [0.3, 0.4) is 0 Å². The van der Waals surface area contributed by atoms with E-state index in [9.17, 15) is 14.3 Å². The molecular weight excluding hydrogens is 453 g/mol. The van der Waals surface area contributed by atoms with Crippen molar-refractivity contribution in [3.05, 3.63) is 120 Å². The number of amides is 1. The van der Waals surface area contributed by atoms with E-state index >= 15 is 0 Å². The fourth-order valence-corrected chi connectivity index (χ4v) is 5.31. The van der Waals surface area contributed by atoms with Crippen molar-refractivity contribution in [2.45, 2.75) is 43.9 Å². The Morgan fingerprint density at radius 3 is 2.39 bits per heavy atom. The molecule has 1 N–H and O–H groups in total. The summed E-state index contributed by atoms with van der Waals surface area (Å²) in [5.74, 6) is -0.121. The minimum absolute atomic E-state index is 0.144. The lowest BCUT2D eigenvalue weighted by Gasteiger charge is -2.42. The standard InChI is InChI=1S/C31H30FNO3/c32-28-14-12-25(13-15-28)27-16-17-33(31(34)35)29(20-27)30(36-21-22-6-2-1-3-7-22)19-23-10-11-24-8-4-5-9-26(24)18-23/h1-15,18,27,29-30H,16-17,19-21H2,(H,34,35). The third kappa shape index (κ3) is 5.58. The molecule has 4 aromatic carbocycles. The van der Waals surface area contributed by atoms with Crippen molar-refractivity contribution in [1.29, 1.82) is 0 Å². The van der Waals surface area contributed by atoms with Crippen LogP contribution in [0.25, 0.3) is 10.8 Å². The van der Waals surface area contributed by atoms with Gasteiger partial charge >= 0.3 is 6.09 Å². The Kier molecular flexibility index (Phi) is 7.28. The lowest BCUT2D eigenvalue weighted by Crippen LogP contribution is -2.52. The number of halogens is 1. The van der Waals surface area contributed by atoms with E-state index in [4.69, 9.17) is 4.74 Å². The molecule has 0 saturated carbocycles. The van der Waals surface area contributed by atoms with Gasteiger partial charge in [-0.05, 0) is 58.4 Å². The van der Waals surface area contributed by atoms with Crippen molar-refractivity contribution in [1.82, 2.24) is 4.90 Å². The largest absolute Gasteiger partial charge is 0.465 e. The van der Waals surface area contributed by atoms with Gasteiger partial charge in [0.1, 0.15) is 5.82 Å². The minimum atomic E-state index is -0.927. The number of ether oxygens (including phenoxy) is 1. The molecule has 36 heavy (non-hydrogen) atoms. The van der Waals surface area contributed by atoms with Gasteiger partial charge in [0.15, 0.2) is 0 Å². The van der Waals surface area contributed by atoms with E-state index in [1.54, 1.807) is 0 Å². The van der Waals surface area contributed by atoms with E-state index < -0.39 is 6.09 Å². The molecule has 3 atom stereocenters. The molecule has 184 valence electrons. The molecule has 1 aliphatic heterocycles. The number of carboxylic acid groups (broad SMARTS) is 1. The Hall–Kier alpha value is -3.70. The highest BCUT2D eigenvalue weighted by Crippen LogP contribution is 2.35. The molecule has 5 heteroatoms. The van der Waals surface area contributed by atoms with Gasteiger partial charge < -0.3 is 14.7 Å². The Labute approximate surface area is 211 Å². The Morgan fingerprint density at radius 2 is 1.64 bits per heavy atom. The smallest absolute Gasteiger partial charge is 0.407 e. The summed E-state index contributed by atoms with van der Waals surface area (Å²) in [6, 6.07) is 30.8. The maximum atomic E-state index is 13.5. The summed E-state index contributed by atoms with van der Waals surface area (Å²) >= 11 is 0. The highest BCUT2D eigenvalue weighted by atomic mass is 19.1. The fraction of sp³-hybridized carbons (Fsp3) is 0.258. The highest BCUT2D eigenvalue weighted by Gasteiger charge is 2.38. The molecule has 0 radical (unpaired) electrons. The third-order valence-electron chi connectivity index (χ3n) is 7.22. The topological polar surface area (TPSA) is 49.8 Å². The normalized spacial score (nSPS) is 18.8. The van der Waals surface area contributed by atoms with Crippen molar-refractivity contribution in [3.63, 3.8) is 0 Å². The van der Waals surface area contributed by atoms with Crippen LogP contribution in [0.5, 0.6) is 0 Å². The predicted octanol–water partition coefficient (Wildman–Crippen LogP) is 7.03. The quantitative estimate of drug-likeness (QED) is 0.307. The number of benzene rings is 4. The average Bonchev–Trinajstić information content (AvgIpc) is 2.91. The molecule has 1 amide bonds. The summed E-state index contributed by atoms with van der Waals surface area (Å²) in [6.45, 7) is 0.829. The zero-order valence-electron chi connectivity index (χ0n) is 20.1. The first-order valence-corrected chi connectivity index (χ1v) is 12.4. The second-order valence-corrected chi connectivity index (χ2v) is 9.54. The van der Waals surface area contributed by atoms with E-state index in [1.165, 1.54) is 22.4 Å².